The van der Waals surface area contributed by atoms with Crippen LogP contribution in [0.5, 0.6) is 0 Å². The molecule has 26 heavy (non-hydrogen) atoms. The van der Waals surface area contributed by atoms with E-state index in [0.29, 0.717) is 0 Å². The van der Waals surface area contributed by atoms with Gasteiger partial charge in [-0.25, -0.2) is 0 Å². The molecule has 0 aliphatic rings. The predicted octanol–water partition coefficient (Wildman–Crippen LogP) is 8.99. The quantitative estimate of drug-likeness (QED) is 0.104. The zero-order chi connectivity index (χ0) is 19.1. The van der Waals surface area contributed by atoms with E-state index in [1.54, 1.807) is 10.6 Å². The van der Waals surface area contributed by atoms with Crippen molar-refractivity contribution in [1.82, 2.24) is 0 Å². The zero-order valence-corrected chi connectivity index (χ0v) is 21.8. The van der Waals surface area contributed by atoms with E-state index < -0.39 is 0 Å². The molecule has 0 bridgehead atoms. The van der Waals surface area contributed by atoms with Crippen molar-refractivity contribution in [2.75, 3.05) is 0 Å². The molecule has 0 radical (unpaired) electrons. The first-order valence-electron chi connectivity index (χ1n) is 12.2. The van der Waals surface area contributed by atoms with Gasteiger partial charge >= 0.3 is 178 Å². The monoisotopic (exact) mass is 498 g/mol. The summed E-state index contributed by atoms with van der Waals surface area (Å²) in [4.78, 5) is 0. The summed E-state index contributed by atoms with van der Waals surface area (Å²) >= 11 is 3.21. The van der Waals surface area contributed by atoms with E-state index in [4.69, 9.17) is 0 Å². The third-order valence-electron chi connectivity index (χ3n) is 5.45. The van der Waals surface area contributed by atoms with Crippen molar-refractivity contribution in [3.05, 3.63) is 0 Å². The fraction of sp³-hybridized carbons (Fsp3) is 1.00. The molecule has 158 valence electrons. The number of rotatable bonds is 22. The fourth-order valence-corrected chi connectivity index (χ4v) is 8.81. The Hall–Kier alpha value is 1.04. The van der Waals surface area contributed by atoms with Crippen LogP contribution >= 0.6 is 0 Å². The van der Waals surface area contributed by atoms with Gasteiger partial charge in [-0.1, -0.05) is 0 Å². The molecular weight excluding hydrogens is 446 g/mol. The van der Waals surface area contributed by atoms with Gasteiger partial charge in [-0.15, -0.1) is 0 Å². The second kappa shape index (κ2) is 24.1. The van der Waals surface area contributed by atoms with Crippen LogP contribution in [0.15, 0.2) is 0 Å². The van der Waals surface area contributed by atoms with E-state index in [1.165, 1.54) is 128 Å². The minimum absolute atomic E-state index is 0.350. The first-order chi connectivity index (χ1) is 12.8. The molecule has 0 fully saturated rings. The number of unbranched alkanes of at least 4 members (excludes halogenated alkanes) is 18. The molecule has 0 saturated carbocycles. The van der Waals surface area contributed by atoms with Gasteiger partial charge in [0, 0.05) is 0 Å². The fourth-order valence-electron chi connectivity index (χ4n) is 3.60. The average Bonchev–Trinajstić information content (AvgIpc) is 2.64. The van der Waals surface area contributed by atoms with Crippen LogP contribution in [0.2, 0.25) is 10.6 Å². The Kier molecular flexibility index (Phi) is 25.0. The number of hydrogen-bond donors (Lipinski definition) is 0. The molecule has 0 aromatic heterocycles. The predicted molar refractivity (Wildman–Crippen MR) is 125 cm³/mol. The summed E-state index contributed by atoms with van der Waals surface area (Å²) in [5.74, 6) is 0. The van der Waals surface area contributed by atoms with Crippen molar-refractivity contribution >= 4 is 25.2 Å². The Labute approximate surface area is 177 Å². The summed E-state index contributed by atoms with van der Waals surface area (Å²) < 4.78 is 0. The normalized spacial score (nSPS) is 11.5. The molecule has 0 aromatic rings. The van der Waals surface area contributed by atoms with Gasteiger partial charge in [0.25, 0.3) is 0 Å². The molecule has 2 heteroatoms. The Bertz CT molecular complexity index is 249. The topological polar surface area (TPSA) is 0 Å². The van der Waals surface area contributed by atoms with E-state index in [9.17, 15) is 0 Å². The van der Waals surface area contributed by atoms with Crippen LogP contribution in [-0.2, 0) is 0 Å². The van der Waals surface area contributed by atoms with Crippen LogP contribution in [0.4, 0.5) is 0 Å². The molecule has 0 nitrogen and oxygen atoms in total. The molecule has 0 amide bonds. The summed E-state index contributed by atoms with van der Waals surface area (Å²) in [5, 5.41) is 3.10. The Morgan fingerprint density at radius 1 is 0.385 bits per heavy atom. The van der Waals surface area contributed by atoms with Gasteiger partial charge in [0.2, 0.25) is 0 Å². The third-order valence-corrected chi connectivity index (χ3v) is 12.2. The van der Waals surface area contributed by atoms with Crippen LogP contribution in [0.25, 0.3) is 0 Å². The molecular formula is C24H50Se2. The first-order valence-corrected chi connectivity index (χ1v) is 18.9. The summed E-state index contributed by atoms with van der Waals surface area (Å²) in [6, 6.07) is 0. The maximum absolute atomic E-state index is 3.56. The SMILES string of the molecule is CCCCCCCCCCCC[Se](=[Se])CCCCCCCCCCCC. The van der Waals surface area contributed by atoms with Crippen molar-refractivity contribution in [2.45, 2.75) is 153 Å². The van der Waals surface area contributed by atoms with E-state index in [1.807, 2.05) is 0 Å². The van der Waals surface area contributed by atoms with Crippen LogP contribution in [-0.4, -0.2) is 25.2 Å². The Morgan fingerprint density at radius 3 is 0.885 bits per heavy atom. The molecule has 0 spiro atoms. The van der Waals surface area contributed by atoms with Crippen molar-refractivity contribution in [2.24, 2.45) is 0 Å². The van der Waals surface area contributed by atoms with Gasteiger partial charge in [0.05, 0.1) is 0 Å². The minimum atomic E-state index is -0.350. The second-order valence-electron chi connectivity index (χ2n) is 8.21. The summed E-state index contributed by atoms with van der Waals surface area (Å²) in [6.07, 6.45) is 29.4. The summed E-state index contributed by atoms with van der Waals surface area (Å²) in [7, 11) is 0. The molecule has 0 unspecified atom stereocenters. The van der Waals surface area contributed by atoms with E-state index in [0.717, 1.165) is 0 Å². The summed E-state index contributed by atoms with van der Waals surface area (Å²) in [6.45, 7) is 4.61. The second-order valence-corrected chi connectivity index (χ2v) is 16.9. The third kappa shape index (κ3) is 23.1. The van der Waals surface area contributed by atoms with Crippen LogP contribution in [0, 0.1) is 0 Å². The van der Waals surface area contributed by atoms with Crippen LogP contribution in [0.3, 0.4) is 0 Å². The molecule has 0 saturated heterocycles. The van der Waals surface area contributed by atoms with Crippen molar-refractivity contribution in [3.8, 4) is 0 Å². The van der Waals surface area contributed by atoms with E-state index in [-0.39, 0.29) is 11.5 Å². The van der Waals surface area contributed by atoms with Gasteiger partial charge in [-0.3, -0.25) is 0 Å². The molecule has 0 aliphatic heterocycles. The van der Waals surface area contributed by atoms with Crippen LogP contribution < -0.4 is 0 Å². The van der Waals surface area contributed by atoms with Gasteiger partial charge in [0.1, 0.15) is 0 Å². The standard InChI is InChI=1S/C24H50Se2/c1-3-5-7-9-11-13-15-17-19-21-23-26(25)24-22-20-18-16-14-12-10-8-6-4-2/h3-24H2,1-2H3. The molecule has 0 atom stereocenters. The summed E-state index contributed by atoms with van der Waals surface area (Å²) in [5.41, 5.74) is 0. The zero-order valence-electron chi connectivity index (χ0n) is 18.4. The van der Waals surface area contributed by atoms with Gasteiger partial charge < -0.3 is 0 Å². The average molecular weight is 497 g/mol. The van der Waals surface area contributed by atoms with Crippen molar-refractivity contribution in [1.29, 1.82) is 0 Å². The van der Waals surface area contributed by atoms with Gasteiger partial charge in [0.15, 0.2) is 0 Å². The van der Waals surface area contributed by atoms with Crippen LogP contribution in [0.1, 0.15) is 142 Å². The van der Waals surface area contributed by atoms with Gasteiger partial charge in [-0.2, -0.15) is 0 Å². The molecule has 0 rings (SSSR count). The van der Waals surface area contributed by atoms with Crippen molar-refractivity contribution < 1.29 is 0 Å². The Balaban J connectivity index is 3.13. The van der Waals surface area contributed by atoms with E-state index in [2.05, 4.69) is 27.5 Å². The van der Waals surface area contributed by atoms with Crippen molar-refractivity contribution in [3.63, 3.8) is 0 Å². The molecule has 0 N–H and O–H groups in total. The van der Waals surface area contributed by atoms with E-state index >= 15 is 0 Å². The Morgan fingerprint density at radius 2 is 0.615 bits per heavy atom. The van der Waals surface area contributed by atoms with Gasteiger partial charge in [-0.05, 0) is 0 Å². The molecule has 0 aromatic carbocycles. The number of hydrogen-bond acceptors (Lipinski definition) is 0. The first kappa shape index (κ1) is 27.0. The maximum atomic E-state index is 3.56. The molecule has 0 heterocycles. The molecule has 0 aliphatic carbocycles.